The number of hydrogen-bond acceptors (Lipinski definition) is 4. The van der Waals surface area contributed by atoms with E-state index >= 15 is 0 Å². The molecular weight excluding hydrogens is 454 g/mol. The molecule has 0 aliphatic heterocycles. The van der Waals surface area contributed by atoms with E-state index in [0.29, 0.717) is 21.8 Å². The van der Waals surface area contributed by atoms with Crippen LogP contribution >= 0.6 is 23.4 Å². The smallest absolute Gasteiger partial charge is 0.189 e. The van der Waals surface area contributed by atoms with Crippen LogP contribution in [-0.2, 0) is 0 Å². The van der Waals surface area contributed by atoms with Crippen molar-refractivity contribution in [1.29, 1.82) is 0 Å². The monoisotopic (exact) mass is 477 g/mol. The molecule has 0 amide bonds. The number of carbonyl (C=O) groups is 2. The van der Waals surface area contributed by atoms with Crippen LogP contribution in [0.15, 0.2) is 59.9 Å². The third-order valence-corrected chi connectivity index (χ3v) is 6.83. The van der Waals surface area contributed by atoms with E-state index in [1.54, 1.807) is 0 Å². The van der Waals surface area contributed by atoms with Gasteiger partial charge in [0, 0.05) is 21.8 Å². The van der Waals surface area contributed by atoms with Crippen molar-refractivity contribution in [1.82, 2.24) is 14.5 Å². The van der Waals surface area contributed by atoms with E-state index in [1.165, 1.54) is 18.7 Å². The summed E-state index contributed by atoms with van der Waals surface area (Å²) in [6.07, 6.45) is 1.82. The fourth-order valence-corrected chi connectivity index (χ4v) is 5.05. The third kappa shape index (κ3) is 4.54. The van der Waals surface area contributed by atoms with Crippen LogP contribution in [0.25, 0.3) is 16.9 Å². The predicted molar refractivity (Wildman–Crippen MR) is 134 cm³/mol. The highest BCUT2D eigenvalue weighted by atomic mass is 35.5. The molecule has 7 heteroatoms. The summed E-state index contributed by atoms with van der Waals surface area (Å²) in [4.78, 5) is 32.7. The number of imidazole rings is 1. The number of nitrogens with zero attached hydrogens (tertiary/aromatic N) is 2. The van der Waals surface area contributed by atoms with Gasteiger partial charge in [-0.1, -0.05) is 53.7 Å². The van der Waals surface area contributed by atoms with Crippen LogP contribution in [0.1, 0.15) is 44.6 Å². The molecule has 0 atom stereocenters. The van der Waals surface area contributed by atoms with Crippen LogP contribution in [0.2, 0.25) is 5.02 Å². The Morgan fingerprint density at radius 3 is 2.39 bits per heavy atom. The van der Waals surface area contributed by atoms with Crippen molar-refractivity contribution in [3.63, 3.8) is 0 Å². The molecule has 2 heterocycles. The molecule has 5 nitrogen and oxygen atoms in total. The Labute approximate surface area is 202 Å². The van der Waals surface area contributed by atoms with Gasteiger partial charge in [-0.15, -0.1) is 0 Å². The van der Waals surface area contributed by atoms with Crippen molar-refractivity contribution in [2.45, 2.75) is 32.9 Å². The number of hydrogen-bond donors (Lipinski definition) is 1. The van der Waals surface area contributed by atoms with E-state index in [0.717, 1.165) is 33.4 Å². The number of benzene rings is 2. The molecule has 0 saturated carbocycles. The van der Waals surface area contributed by atoms with Crippen LogP contribution in [-0.4, -0.2) is 31.9 Å². The summed E-state index contributed by atoms with van der Waals surface area (Å²) < 4.78 is 2.07. The Morgan fingerprint density at radius 2 is 1.76 bits per heavy atom. The van der Waals surface area contributed by atoms with E-state index < -0.39 is 0 Å². The summed E-state index contributed by atoms with van der Waals surface area (Å²) in [5, 5.41) is 1.39. The zero-order chi connectivity index (χ0) is 23.7. The maximum absolute atomic E-state index is 13.0. The molecule has 0 aliphatic carbocycles. The summed E-state index contributed by atoms with van der Waals surface area (Å²) >= 11 is 7.46. The van der Waals surface area contributed by atoms with Crippen LogP contribution in [0.4, 0.5) is 0 Å². The molecule has 0 fully saturated rings. The zero-order valence-corrected chi connectivity index (χ0v) is 20.5. The quantitative estimate of drug-likeness (QED) is 0.240. The number of nitrogens with one attached hydrogen (secondary N) is 1. The first-order valence-corrected chi connectivity index (χ1v) is 11.9. The van der Waals surface area contributed by atoms with E-state index in [-0.39, 0.29) is 17.3 Å². The number of halogens is 1. The Bertz CT molecular complexity index is 1350. The van der Waals surface area contributed by atoms with Gasteiger partial charge >= 0.3 is 0 Å². The summed E-state index contributed by atoms with van der Waals surface area (Å²) in [5.74, 6) is 0.0808. The maximum Gasteiger partial charge on any atom is 0.189 e. The van der Waals surface area contributed by atoms with Crippen molar-refractivity contribution in [3.8, 4) is 16.9 Å². The standard InChI is InChI=1S/C26H24ClN3O2S/c1-15-7-5-6-8-21(15)30-22(19-9-11-20(27)12-10-19)13-28-26(30)33-14-23(32)25-16(2)24(18(4)31)17(3)29-25/h5-13,29H,14H2,1-4H3. The highest BCUT2D eigenvalue weighted by Gasteiger charge is 2.22. The first kappa shape index (κ1) is 23.1. The maximum atomic E-state index is 13.0. The lowest BCUT2D eigenvalue weighted by Crippen LogP contribution is -2.07. The molecule has 168 valence electrons. The van der Waals surface area contributed by atoms with Crippen molar-refractivity contribution < 1.29 is 9.59 Å². The molecule has 0 radical (unpaired) electrons. The molecule has 2 aromatic carbocycles. The second kappa shape index (κ2) is 9.41. The summed E-state index contributed by atoms with van der Waals surface area (Å²) in [5.41, 5.74) is 6.50. The first-order valence-electron chi connectivity index (χ1n) is 10.5. The van der Waals surface area contributed by atoms with Gasteiger partial charge in [0.25, 0.3) is 0 Å². The molecule has 33 heavy (non-hydrogen) atoms. The van der Waals surface area contributed by atoms with Gasteiger partial charge in [-0.05, 0) is 57.0 Å². The number of aromatic amines is 1. The van der Waals surface area contributed by atoms with Crippen LogP contribution in [0.3, 0.4) is 0 Å². The second-order valence-corrected chi connectivity index (χ2v) is 9.33. The van der Waals surface area contributed by atoms with Gasteiger partial charge in [-0.2, -0.15) is 0 Å². The minimum absolute atomic E-state index is 0.0457. The molecule has 4 rings (SSSR count). The minimum Gasteiger partial charge on any atom is -0.355 e. The molecule has 4 aromatic rings. The largest absolute Gasteiger partial charge is 0.355 e. The summed E-state index contributed by atoms with van der Waals surface area (Å²) in [6.45, 7) is 7.19. The SMILES string of the molecule is CC(=O)c1c(C)[nH]c(C(=O)CSc2ncc(-c3ccc(Cl)cc3)n2-c2ccccc2C)c1C. The van der Waals surface area contributed by atoms with Gasteiger partial charge in [-0.3, -0.25) is 14.2 Å². The lowest BCUT2D eigenvalue weighted by molar-refractivity contribution is 0.101. The average Bonchev–Trinajstić information content (AvgIpc) is 3.33. The average molecular weight is 478 g/mol. The summed E-state index contributed by atoms with van der Waals surface area (Å²) in [7, 11) is 0. The number of H-pyrrole nitrogens is 1. The van der Waals surface area contributed by atoms with Gasteiger partial charge in [0.2, 0.25) is 0 Å². The van der Waals surface area contributed by atoms with Crippen molar-refractivity contribution in [2.75, 3.05) is 5.75 Å². The van der Waals surface area contributed by atoms with Gasteiger partial charge in [0.05, 0.1) is 29.0 Å². The number of Topliss-reactive ketones (excluding diaryl/α,β-unsaturated/α-hetero) is 2. The van der Waals surface area contributed by atoms with E-state index in [2.05, 4.69) is 27.5 Å². The highest BCUT2D eigenvalue weighted by molar-refractivity contribution is 7.99. The zero-order valence-electron chi connectivity index (χ0n) is 18.9. The van der Waals surface area contributed by atoms with Gasteiger partial charge in [-0.25, -0.2) is 4.98 Å². The van der Waals surface area contributed by atoms with Crippen LogP contribution in [0, 0.1) is 20.8 Å². The number of rotatable bonds is 7. The van der Waals surface area contributed by atoms with Gasteiger partial charge in [0.1, 0.15) is 0 Å². The molecule has 2 aromatic heterocycles. The van der Waals surface area contributed by atoms with E-state index in [9.17, 15) is 9.59 Å². The Morgan fingerprint density at radius 1 is 1.06 bits per heavy atom. The Hall–Kier alpha value is -3.09. The molecule has 1 N–H and O–H groups in total. The van der Waals surface area contributed by atoms with Gasteiger partial charge in [0.15, 0.2) is 16.7 Å². The Balaban J connectivity index is 1.69. The van der Waals surface area contributed by atoms with E-state index in [4.69, 9.17) is 11.6 Å². The number of ketones is 2. The van der Waals surface area contributed by atoms with Crippen molar-refractivity contribution >= 4 is 34.9 Å². The lowest BCUT2D eigenvalue weighted by Gasteiger charge is -2.14. The van der Waals surface area contributed by atoms with E-state index in [1.807, 2.05) is 62.5 Å². The number of carbonyl (C=O) groups excluding carboxylic acids is 2. The molecule has 0 aliphatic rings. The predicted octanol–water partition coefficient (Wildman–Crippen LogP) is 6.62. The Kier molecular flexibility index (Phi) is 6.58. The fraction of sp³-hybridized carbons (Fsp3) is 0.192. The highest BCUT2D eigenvalue weighted by Crippen LogP contribution is 2.32. The van der Waals surface area contributed by atoms with Crippen molar-refractivity contribution in [2.24, 2.45) is 0 Å². The topological polar surface area (TPSA) is 67.8 Å². The first-order chi connectivity index (χ1) is 15.8. The van der Waals surface area contributed by atoms with Crippen LogP contribution < -0.4 is 0 Å². The number of aryl methyl sites for hydroxylation is 2. The molecule has 0 unspecified atom stereocenters. The van der Waals surface area contributed by atoms with Gasteiger partial charge < -0.3 is 4.98 Å². The fourth-order valence-electron chi connectivity index (χ4n) is 4.07. The van der Waals surface area contributed by atoms with Crippen LogP contribution in [0.5, 0.6) is 0 Å². The molecule has 0 bridgehead atoms. The molecule has 0 spiro atoms. The molecule has 0 saturated heterocycles. The molecular formula is C26H24ClN3O2S. The second-order valence-electron chi connectivity index (χ2n) is 7.95. The number of aromatic nitrogens is 3. The third-order valence-electron chi connectivity index (χ3n) is 5.63. The number of thioether (sulfide) groups is 1. The van der Waals surface area contributed by atoms with Crippen molar-refractivity contribution in [3.05, 3.63) is 87.8 Å². The number of para-hydroxylation sites is 1. The summed E-state index contributed by atoms with van der Waals surface area (Å²) in [6, 6.07) is 15.7. The minimum atomic E-state index is -0.0690. The lowest BCUT2D eigenvalue weighted by atomic mass is 10.1. The normalized spacial score (nSPS) is 11.1.